The third-order valence-electron chi connectivity index (χ3n) is 0.940. The molecule has 0 aromatic carbocycles. The number of thioether (sulfide) groups is 1. The van der Waals surface area contributed by atoms with Gasteiger partial charge in [0.25, 0.3) is 0 Å². The molecular weight excluding hydrogens is 130 g/mol. The first kappa shape index (κ1) is 6.57. The van der Waals surface area contributed by atoms with Crippen molar-refractivity contribution < 1.29 is 0 Å². The second kappa shape index (κ2) is 3.47. The third-order valence-corrected chi connectivity index (χ3v) is 1.76. The fourth-order valence-corrected chi connectivity index (χ4v) is 1.18. The molecule has 0 amide bonds. The Kier molecular flexibility index (Phi) is 2.53. The zero-order chi connectivity index (χ0) is 6.53. The van der Waals surface area contributed by atoms with Crippen LogP contribution in [0.25, 0.3) is 0 Å². The molecular formula is C7H9NS. The van der Waals surface area contributed by atoms with Gasteiger partial charge in [-0.2, -0.15) is 0 Å². The lowest BCUT2D eigenvalue weighted by molar-refractivity contribution is 0.968. The summed E-state index contributed by atoms with van der Waals surface area (Å²) in [5.41, 5.74) is 0. The van der Waals surface area contributed by atoms with Crippen molar-refractivity contribution >= 4 is 11.8 Å². The van der Waals surface area contributed by atoms with Crippen LogP contribution < -0.4 is 5.32 Å². The van der Waals surface area contributed by atoms with E-state index in [0.717, 1.165) is 6.42 Å². The van der Waals surface area contributed by atoms with Crippen molar-refractivity contribution in [3.8, 4) is 11.8 Å². The Morgan fingerprint density at radius 2 is 2.67 bits per heavy atom. The first-order valence-corrected chi connectivity index (χ1v) is 3.92. The van der Waals surface area contributed by atoms with Crippen LogP contribution in [0.1, 0.15) is 13.3 Å². The van der Waals surface area contributed by atoms with Crippen molar-refractivity contribution in [2.24, 2.45) is 0 Å². The Morgan fingerprint density at radius 3 is 3.22 bits per heavy atom. The summed E-state index contributed by atoms with van der Waals surface area (Å²) in [6.45, 7) is 2.06. The zero-order valence-corrected chi connectivity index (χ0v) is 6.16. The summed E-state index contributed by atoms with van der Waals surface area (Å²) in [5, 5.41) is 5.43. The Hall–Kier alpha value is -0.550. The lowest BCUT2D eigenvalue weighted by atomic mass is 10.5. The van der Waals surface area contributed by atoms with Gasteiger partial charge in [0.1, 0.15) is 5.37 Å². The van der Waals surface area contributed by atoms with Crippen LogP contribution in [-0.2, 0) is 0 Å². The first-order chi connectivity index (χ1) is 4.43. The molecule has 48 valence electrons. The Labute approximate surface area is 59.9 Å². The van der Waals surface area contributed by atoms with E-state index < -0.39 is 0 Å². The lowest BCUT2D eigenvalue weighted by Gasteiger charge is -1.97. The summed E-state index contributed by atoms with van der Waals surface area (Å²) in [6, 6.07) is 0. The van der Waals surface area contributed by atoms with Crippen LogP contribution in [0.5, 0.6) is 0 Å². The van der Waals surface area contributed by atoms with E-state index in [9.17, 15) is 0 Å². The Bertz CT molecular complexity index is 155. The maximum atomic E-state index is 3.10. The minimum atomic E-state index is 0.310. The normalized spacial score (nSPS) is 22.6. The van der Waals surface area contributed by atoms with Crippen LogP contribution in [0, 0.1) is 11.8 Å². The highest BCUT2D eigenvalue weighted by Crippen LogP contribution is 2.13. The van der Waals surface area contributed by atoms with Crippen molar-refractivity contribution in [3.05, 3.63) is 11.6 Å². The van der Waals surface area contributed by atoms with Gasteiger partial charge >= 0.3 is 0 Å². The molecule has 1 atom stereocenters. The standard InChI is InChI=1S/C7H9NS/c1-2-3-4-7-8-5-6-9-7/h5-8H,2H2,1H3. The topological polar surface area (TPSA) is 12.0 Å². The molecule has 0 bridgehead atoms. The maximum Gasteiger partial charge on any atom is 0.138 e. The predicted octanol–water partition coefficient (Wildman–Crippen LogP) is 1.53. The fourth-order valence-electron chi connectivity index (χ4n) is 0.554. The molecule has 0 aromatic rings. The van der Waals surface area contributed by atoms with Crippen LogP contribution in [0.4, 0.5) is 0 Å². The van der Waals surface area contributed by atoms with E-state index in [2.05, 4.69) is 24.1 Å². The van der Waals surface area contributed by atoms with Gasteiger partial charge in [-0.25, -0.2) is 0 Å². The average Bonchev–Trinajstić information content (AvgIpc) is 2.34. The molecule has 1 heterocycles. The van der Waals surface area contributed by atoms with Gasteiger partial charge in [0.2, 0.25) is 0 Å². The average molecular weight is 139 g/mol. The van der Waals surface area contributed by atoms with E-state index in [1.165, 1.54) is 0 Å². The minimum Gasteiger partial charge on any atom is -0.369 e. The van der Waals surface area contributed by atoms with Gasteiger partial charge in [0.05, 0.1) is 0 Å². The molecule has 1 unspecified atom stereocenters. The molecule has 1 nitrogen and oxygen atoms in total. The molecule has 1 rings (SSSR count). The largest absolute Gasteiger partial charge is 0.369 e. The number of hydrogen-bond donors (Lipinski definition) is 1. The van der Waals surface area contributed by atoms with Crippen molar-refractivity contribution in [3.63, 3.8) is 0 Å². The summed E-state index contributed by atoms with van der Waals surface area (Å²) >= 11 is 1.72. The Balaban J connectivity index is 2.29. The molecule has 0 radical (unpaired) electrons. The van der Waals surface area contributed by atoms with Crippen molar-refractivity contribution in [1.29, 1.82) is 0 Å². The van der Waals surface area contributed by atoms with E-state index in [-0.39, 0.29) is 0 Å². The Morgan fingerprint density at radius 1 is 1.78 bits per heavy atom. The quantitative estimate of drug-likeness (QED) is 0.511. The highest BCUT2D eigenvalue weighted by Gasteiger charge is 2.03. The van der Waals surface area contributed by atoms with Gasteiger partial charge in [-0.1, -0.05) is 24.6 Å². The van der Waals surface area contributed by atoms with Crippen LogP contribution in [0.15, 0.2) is 11.6 Å². The van der Waals surface area contributed by atoms with E-state index in [4.69, 9.17) is 0 Å². The molecule has 0 fully saturated rings. The summed E-state index contributed by atoms with van der Waals surface area (Å²) < 4.78 is 0. The number of nitrogens with one attached hydrogen (secondary N) is 1. The molecule has 2 heteroatoms. The molecule has 9 heavy (non-hydrogen) atoms. The third kappa shape index (κ3) is 2.03. The van der Waals surface area contributed by atoms with E-state index in [1.54, 1.807) is 11.8 Å². The van der Waals surface area contributed by atoms with Crippen molar-refractivity contribution in [1.82, 2.24) is 5.32 Å². The number of rotatable bonds is 0. The molecule has 1 aliphatic heterocycles. The van der Waals surface area contributed by atoms with Gasteiger partial charge in [0.15, 0.2) is 0 Å². The van der Waals surface area contributed by atoms with E-state index in [0.29, 0.717) is 5.37 Å². The van der Waals surface area contributed by atoms with Crippen LogP contribution in [-0.4, -0.2) is 5.37 Å². The zero-order valence-electron chi connectivity index (χ0n) is 5.35. The van der Waals surface area contributed by atoms with Crippen molar-refractivity contribution in [2.75, 3.05) is 0 Å². The second-order valence-corrected chi connectivity index (χ2v) is 2.68. The van der Waals surface area contributed by atoms with Crippen LogP contribution in [0.3, 0.4) is 0 Å². The molecule has 0 aliphatic carbocycles. The maximum absolute atomic E-state index is 3.10. The smallest absolute Gasteiger partial charge is 0.138 e. The minimum absolute atomic E-state index is 0.310. The monoisotopic (exact) mass is 139 g/mol. The summed E-state index contributed by atoms with van der Waals surface area (Å²) in [7, 11) is 0. The molecule has 1 N–H and O–H groups in total. The van der Waals surface area contributed by atoms with E-state index in [1.807, 2.05) is 11.6 Å². The van der Waals surface area contributed by atoms with Gasteiger partial charge in [0, 0.05) is 12.6 Å². The van der Waals surface area contributed by atoms with Gasteiger partial charge in [-0.05, 0) is 5.41 Å². The molecule has 0 saturated carbocycles. The summed E-state index contributed by atoms with van der Waals surface area (Å²) in [4.78, 5) is 0. The highest BCUT2D eigenvalue weighted by molar-refractivity contribution is 8.03. The van der Waals surface area contributed by atoms with Crippen LogP contribution in [0.2, 0.25) is 0 Å². The predicted molar refractivity (Wildman–Crippen MR) is 41.7 cm³/mol. The van der Waals surface area contributed by atoms with Gasteiger partial charge < -0.3 is 5.32 Å². The highest BCUT2D eigenvalue weighted by atomic mass is 32.2. The van der Waals surface area contributed by atoms with Crippen LogP contribution >= 0.6 is 11.8 Å². The second-order valence-electron chi connectivity index (χ2n) is 1.66. The summed E-state index contributed by atoms with van der Waals surface area (Å²) in [5.74, 6) is 6.09. The first-order valence-electron chi connectivity index (χ1n) is 2.98. The van der Waals surface area contributed by atoms with Gasteiger partial charge in [-0.3, -0.25) is 0 Å². The molecule has 1 aliphatic rings. The fraction of sp³-hybridized carbons (Fsp3) is 0.429. The van der Waals surface area contributed by atoms with Gasteiger partial charge in [-0.15, -0.1) is 5.92 Å². The SMILES string of the molecule is CCC#CC1NC=CS1. The number of hydrogen-bond acceptors (Lipinski definition) is 2. The molecule has 0 aromatic heterocycles. The van der Waals surface area contributed by atoms with Crippen molar-refractivity contribution in [2.45, 2.75) is 18.7 Å². The lowest BCUT2D eigenvalue weighted by Crippen LogP contribution is -2.12. The summed E-state index contributed by atoms with van der Waals surface area (Å²) in [6.07, 6.45) is 2.87. The molecule has 0 spiro atoms. The molecule has 0 saturated heterocycles. The van der Waals surface area contributed by atoms with E-state index >= 15 is 0 Å².